The number of carbonyl (C=O) groups excluding carboxylic acids is 1. The van der Waals surface area contributed by atoms with Gasteiger partial charge in [-0.05, 0) is 37.0 Å². The highest BCUT2D eigenvalue weighted by atomic mass is 35.5. The first-order valence-electron chi connectivity index (χ1n) is 11.6. The van der Waals surface area contributed by atoms with Crippen molar-refractivity contribution in [2.45, 2.75) is 32.2 Å². The summed E-state index contributed by atoms with van der Waals surface area (Å²) >= 11 is 0. The number of benzene rings is 2. The van der Waals surface area contributed by atoms with Crippen molar-refractivity contribution in [3.05, 3.63) is 65.7 Å². The van der Waals surface area contributed by atoms with Crippen molar-refractivity contribution in [3.8, 4) is 5.75 Å². The van der Waals surface area contributed by atoms with Crippen LogP contribution in [0, 0.1) is 0 Å². The summed E-state index contributed by atoms with van der Waals surface area (Å²) in [5.74, 6) is 0.143. The summed E-state index contributed by atoms with van der Waals surface area (Å²) in [4.78, 5) is 12.6. The van der Waals surface area contributed by atoms with Crippen molar-refractivity contribution in [2.24, 2.45) is 0 Å². The summed E-state index contributed by atoms with van der Waals surface area (Å²) in [6, 6.07) is 16.2. The van der Waals surface area contributed by atoms with Gasteiger partial charge in [0.1, 0.15) is 18.5 Å². The molecule has 1 atom stereocenters. The zero-order valence-corrected chi connectivity index (χ0v) is 15.1. The predicted octanol–water partition coefficient (Wildman–Crippen LogP) is 3.66. The lowest BCUT2D eigenvalue weighted by atomic mass is 10.0. The van der Waals surface area contributed by atoms with Gasteiger partial charge >= 0.3 is 0 Å². The highest BCUT2D eigenvalue weighted by Crippen LogP contribution is 2.20. The van der Waals surface area contributed by atoms with Gasteiger partial charge in [-0.15, -0.1) is 12.4 Å². The third-order valence-electron chi connectivity index (χ3n) is 3.59. The van der Waals surface area contributed by atoms with Crippen LogP contribution in [0.5, 0.6) is 5.75 Å². The number of nitrogens with one attached hydrogen (secondary N) is 1. The standard InChI is InChI=1S/C21H27NO3.ClH/c1-2-14-22-15-18(23)16-25-21-11-7-6-10-19(21)20(24)13-12-17-8-4-3-5-9-17;/h3-11,18,22-23H,2,12-16H2,1H3;1H/i1D3,2D2,14D2;. The van der Waals surface area contributed by atoms with Gasteiger partial charge in [0.05, 0.1) is 5.56 Å². The van der Waals surface area contributed by atoms with Crippen LogP contribution >= 0.6 is 12.4 Å². The Morgan fingerprint density at radius 2 is 1.96 bits per heavy atom. The molecule has 4 nitrogen and oxygen atoms in total. The zero-order chi connectivity index (χ0) is 24.0. The molecule has 0 aliphatic carbocycles. The SMILES string of the molecule is Cl.[2H]C([2H])([2H])C([2H])([2H])C([2H])([2H])NCC(O)COc1ccccc1C(=O)CCc1ccccc1. The quantitative estimate of drug-likeness (QED) is 0.580. The lowest BCUT2D eigenvalue weighted by molar-refractivity contribution is 0.0950. The Morgan fingerprint density at radius 3 is 2.73 bits per heavy atom. The van der Waals surface area contributed by atoms with Crippen molar-refractivity contribution >= 4 is 18.2 Å². The molecule has 5 heteroatoms. The minimum Gasteiger partial charge on any atom is -0.490 e. The highest BCUT2D eigenvalue weighted by Gasteiger charge is 2.13. The van der Waals surface area contributed by atoms with Crippen LogP contribution in [0.4, 0.5) is 0 Å². The van der Waals surface area contributed by atoms with E-state index in [1.807, 2.05) is 30.3 Å². The summed E-state index contributed by atoms with van der Waals surface area (Å²) in [6.07, 6.45) is -3.59. The van der Waals surface area contributed by atoms with Gasteiger partial charge in [0.15, 0.2) is 5.78 Å². The van der Waals surface area contributed by atoms with E-state index in [0.29, 0.717) is 12.0 Å². The molecule has 0 saturated heterocycles. The Labute approximate surface area is 171 Å². The van der Waals surface area contributed by atoms with Gasteiger partial charge in [0.25, 0.3) is 0 Å². The maximum absolute atomic E-state index is 12.6. The fraction of sp³-hybridized carbons (Fsp3) is 0.381. The Balaban J connectivity index is 0.00000544. The Hall–Kier alpha value is -1.88. The van der Waals surface area contributed by atoms with E-state index in [1.54, 1.807) is 24.3 Å². The van der Waals surface area contributed by atoms with E-state index < -0.39 is 32.4 Å². The maximum atomic E-state index is 12.6. The average Bonchev–Trinajstić information content (AvgIpc) is 2.74. The molecule has 0 fully saturated rings. The molecular weight excluding hydrogens is 350 g/mol. The molecular formula is C21H28ClNO3. The molecule has 2 aromatic rings. The van der Waals surface area contributed by atoms with Crippen molar-refractivity contribution < 1.29 is 24.2 Å². The molecule has 0 saturated carbocycles. The van der Waals surface area contributed by atoms with Crippen molar-refractivity contribution in [3.63, 3.8) is 0 Å². The van der Waals surface area contributed by atoms with Gasteiger partial charge in [-0.2, -0.15) is 0 Å². The van der Waals surface area contributed by atoms with Crippen LogP contribution in [0.25, 0.3) is 0 Å². The molecule has 2 rings (SSSR count). The van der Waals surface area contributed by atoms with E-state index in [2.05, 4.69) is 5.32 Å². The number of ketones is 1. The maximum Gasteiger partial charge on any atom is 0.166 e. The second-order valence-electron chi connectivity index (χ2n) is 5.50. The number of Topliss-reactive ketones (excluding diaryl/α,β-unsaturated/α-hetero) is 1. The molecule has 0 radical (unpaired) electrons. The fourth-order valence-corrected chi connectivity index (χ4v) is 2.32. The largest absolute Gasteiger partial charge is 0.490 e. The average molecular weight is 385 g/mol. The predicted molar refractivity (Wildman–Crippen MR) is 107 cm³/mol. The monoisotopic (exact) mass is 384 g/mol. The molecule has 142 valence electrons. The second kappa shape index (κ2) is 12.5. The van der Waals surface area contributed by atoms with Crippen LogP contribution in [-0.4, -0.2) is 36.6 Å². The smallest absolute Gasteiger partial charge is 0.166 e. The van der Waals surface area contributed by atoms with E-state index in [-0.39, 0.29) is 37.0 Å². The first kappa shape index (κ1) is 13.3. The normalized spacial score (nSPS) is 17.0. The van der Waals surface area contributed by atoms with Gasteiger partial charge in [0.2, 0.25) is 0 Å². The molecule has 0 amide bonds. The van der Waals surface area contributed by atoms with Crippen LogP contribution < -0.4 is 10.1 Å². The molecule has 0 spiro atoms. The van der Waals surface area contributed by atoms with E-state index >= 15 is 0 Å². The van der Waals surface area contributed by atoms with Crippen molar-refractivity contribution in [1.29, 1.82) is 0 Å². The van der Waals surface area contributed by atoms with Crippen LogP contribution in [0.15, 0.2) is 54.6 Å². The summed E-state index contributed by atoms with van der Waals surface area (Å²) in [5.41, 5.74) is 1.39. The lowest BCUT2D eigenvalue weighted by Gasteiger charge is -2.15. The van der Waals surface area contributed by atoms with E-state index in [9.17, 15) is 9.90 Å². The number of aliphatic hydroxyl groups excluding tert-OH is 1. The third-order valence-corrected chi connectivity index (χ3v) is 3.59. The summed E-state index contributed by atoms with van der Waals surface area (Å²) in [5, 5.41) is 12.2. The topological polar surface area (TPSA) is 58.6 Å². The number of ether oxygens (including phenoxy) is 1. The van der Waals surface area contributed by atoms with E-state index in [0.717, 1.165) is 5.56 Å². The lowest BCUT2D eigenvalue weighted by Crippen LogP contribution is -2.32. The summed E-state index contributed by atoms with van der Waals surface area (Å²) in [7, 11) is 0. The molecule has 0 aliphatic rings. The number of aryl methyl sites for hydroxylation is 1. The first-order chi connectivity index (χ1) is 14.8. The van der Waals surface area contributed by atoms with Gasteiger partial charge in [-0.3, -0.25) is 4.79 Å². The zero-order valence-electron chi connectivity index (χ0n) is 21.3. The van der Waals surface area contributed by atoms with Crippen LogP contribution in [0.2, 0.25) is 0 Å². The number of hydrogen-bond acceptors (Lipinski definition) is 4. The summed E-state index contributed by atoms with van der Waals surface area (Å²) < 4.78 is 57.6. The second-order valence-corrected chi connectivity index (χ2v) is 5.50. The number of aliphatic hydroxyl groups is 1. The number of carbonyl (C=O) groups is 1. The first-order valence-corrected chi connectivity index (χ1v) is 8.07. The minimum atomic E-state index is -3.19. The highest BCUT2D eigenvalue weighted by molar-refractivity contribution is 5.98. The van der Waals surface area contributed by atoms with Gasteiger partial charge in [-0.25, -0.2) is 0 Å². The molecule has 0 heterocycles. The van der Waals surface area contributed by atoms with Crippen molar-refractivity contribution in [2.75, 3.05) is 19.6 Å². The minimum absolute atomic E-state index is 0. The Morgan fingerprint density at radius 1 is 1.23 bits per heavy atom. The molecule has 1 unspecified atom stereocenters. The van der Waals surface area contributed by atoms with Crippen LogP contribution in [0.3, 0.4) is 0 Å². The number of halogens is 1. The van der Waals surface area contributed by atoms with Crippen molar-refractivity contribution in [1.82, 2.24) is 5.32 Å². The molecule has 0 aromatic heterocycles. The van der Waals surface area contributed by atoms with E-state index in [1.165, 1.54) is 0 Å². The van der Waals surface area contributed by atoms with Crippen LogP contribution in [-0.2, 0) is 6.42 Å². The third kappa shape index (κ3) is 7.56. The number of rotatable bonds is 11. The van der Waals surface area contributed by atoms with Crippen LogP contribution in [0.1, 0.15) is 45.2 Å². The molecule has 0 aliphatic heterocycles. The Kier molecular flexibility index (Phi) is 6.38. The molecule has 26 heavy (non-hydrogen) atoms. The molecule has 2 N–H and O–H groups in total. The van der Waals surface area contributed by atoms with Gasteiger partial charge in [-0.1, -0.05) is 49.3 Å². The Bertz CT molecular complexity index is 895. The molecule has 2 aromatic carbocycles. The number of para-hydroxylation sites is 1. The number of hydrogen-bond donors (Lipinski definition) is 2. The van der Waals surface area contributed by atoms with Gasteiger partial charge < -0.3 is 15.2 Å². The van der Waals surface area contributed by atoms with E-state index in [4.69, 9.17) is 14.3 Å². The summed E-state index contributed by atoms with van der Waals surface area (Å²) in [6.45, 7) is -6.86. The molecule has 0 bridgehead atoms. The van der Waals surface area contributed by atoms with Gasteiger partial charge in [0, 0.05) is 22.6 Å². The fourth-order valence-electron chi connectivity index (χ4n) is 2.32.